The van der Waals surface area contributed by atoms with E-state index in [1.165, 1.54) is 0 Å². The predicted octanol–water partition coefficient (Wildman–Crippen LogP) is 2.21. The number of methoxy groups -OCH3 is 1. The van der Waals surface area contributed by atoms with Crippen LogP contribution in [0.3, 0.4) is 0 Å². The molecule has 2 N–H and O–H groups in total. The Labute approximate surface area is 161 Å². The average Bonchev–Trinajstić information content (AvgIpc) is 3.21. The van der Waals surface area contributed by atoms with Gasteiger partial charge in [-0.2, -0.15) is 4.98 Å². The molecule has 0 fully saturated rings. The highest BCUT2D eigenvalue weighted by molar-refractivity contribution is 5.94. The second-order valence-corrected chi connectivity index (χ2v) is 6.03. The number of nitrogens with zero attached hydrogens (tertiary/aromatic N) is 2. The molecule has 0 unspecified atom stereocenters. The van der Waals surface area contributed by atoms with Gasteiger partial charge in [0.15, 0.2) is 0 Å². The molecule has 3 aromatic rings. The Bertz CT molecular complexity index is 966. The molecule has 0 saturated heterocycles. The number of hydrogen-bond acceptors (Lipinski definition) is 6. The van der Waals surface area contributed by atoms with E-state index in [4.69, 9.17) is 9.26 Å². The van der Waals surface area contributed by atoms with Crippen LogP contribution in [0.5, 0.6) is 5.75 Å². The minimum atomic E-state index is -0.503. The highest BCUT2D eigenvalue weighted by Crippen LogP contribution is 2.19. The van der Waals surface area contributed by atoms with E-state index in [-0.39, 0.29) is 24.9 Å². The zero-order chi connectivity index (χ0) is 19.9. The normalized spacial score (nSPS) is 10.4. The summed E-state index contributed by atoms with van der Waals surface area (Å²) in [4.78, 5) is 28.2. The van der Waals surface area contributed by atoms with Crippen LogP contribution in [0.4, 0.5) is 0 Å². The topological polar surface area (TPSA) is 106 Å². The van der Waals surface area contributed by atoms with E-state index < -0.39 is 5.91 Å². The maximum atomic E-state index is 12.1. The van der Waals surface area contributed by atoms with Crippen LogP contribution < -0.4 is 15.4 Å². The largest absolute Gasteiger partial charge is 0.497 e. The highest BCUT2D eigenvalue weighted by Gasteiger charge is 2.16. The van der Waals surface area contributed by atoms with Crippen molar-refractivity contribution in [3.8, 4) is 17.1 Å². The van der Waals surface area contributed by atoms with Crippen molar-refractivity contribution in [2.45, 2.75) is 6.92 Å². The fourth-order valence-electron chi connectivity index (χ4n) is 2.49. The Balaban J connectivity index is 1.48. The van der Waals surface area contributed by atoms with Gasteiger partial charge in [-0.05, 0) is 43.3 Å². The number of nitrogens with one attached hydrogen (secondary N) is 2. The summed E-state index contributed by atoms with van der Waals surface area (Å²) in [5.74, 6) is 0.170. The summed E-state index contributed by atoms with van der Waals surface area (Å²) in [5, 5.41) is 9.18. The SMILES string of the molecule is COc1ccc(-c2noc(C(=O)NCCNC(=O)c3cccc(C)c3)n2)cc1. The third kappa shape index (κ3) is 4.73. The first-order valence-corrected chi connectivity index (χ1v) is 8.68. The van der Waals surface area contributed by atoms with Gasteiger partial charge in [0.2, 0.25) is 5.82 Å². The van der Waals surface area contributed by atoms with Crippen molar-refractivity contribution < 1.29 is 18.8 Å². The van der Waals surface area contributed by atoms with Gasteiger partial charge in [0, 0.05) is 24.2 Å². The Morgan fingerprint density at radius 2 is 1.75 bits per heavy atom. The molecule has 1 heterocycles. The van der Waals surface area contributed by atoms with Crippen LogP contribution >= 0.6 is 0 Å². The maximum Gasteiger partial charge on any atom is 0.316 e. The van der Waals surface area contributed by atoms with Gasteiger partial charge in [-0.1, -0.05) is 22.9 Å². The van der Waals surface area contributed by atoms with E-state index in [0.717, 1.165) is 5.56 Å². The molecule has 0 aliphatic heterocycles. The van der Waals surface area contributed by atoms with Crippen LogP contribution in [0.15, 0.2) is 53.1 Å². The van der Waals surface area contributed by atoms with E-state index >= 15 is 0 Å². The van der Waals surface area contributed by atoms with Crippen molar-refractivity contribution >= 4 is 11.8 Å². The molecule has 144 valence electrons. The lowest BCUT2D eigenvalue weighted by molar-refractivity contribution is 0.0898. The monoisotopic (exact) mass is 380 g/mol. The van der Waals surface area contributed by atoms with Gasteiger partial charge in [0.1, 0.15) is 5.75 Å². The molecular weight excluding hydrogens is 360 g/mol. The number of ether oxygens (including phenoxy) is 1. The van der Waals surface area contributed by atoms with Gasteiger partial charge < -0.3 is 19.9 Å². The average molecular weight is 380 g/mol. The molecule has 28 heavy (non-hydrogen) atoms. The van der Waals surface area contributed by atoms with Crippen LogP contribution in [-0.2, 0) is 0 Å². The lowest BCUT2D eigenvalue weighted by Crippen LogP contribution is -2.34. The van der Waals surface area contributed by atoms with E-state index in [9.17, 15) is 9.59 Å². The minimum absolute atomic E-state index is 0.143. The summed E-state index contributed by atoms with van der Waals surface area (Å²) in [6, 6.07) is 14.3. The molecule has 8 nitrogen and oxygen atoms in total. The number of amides is 2. The van der Waals surface area contributed by atoms with Crippen LogP contribution in [0.2, 0.25) is 0 Å². The standard InChI is InChI=1S/C20H20N4O4/c1-13-4-3-5-15(12-13)18(25)21-10-11-22-19(26)20-23-17(24-28-20)14-6-8-16(27-2)9-7-14/h3-9,12H,10-11H2,1-2H3,(H,21,25)(H,22,26). The summed E-state index contributed by atoms with van der Waals surface area (Å²) >= 11 is 0. The van der Waals surface area contributed by atoms with Crippen molar-refractivity contribution in [2.24, 2.45) is 0 Å². The molecule has 0 atom stereocenters. The lowest BCUT2D eigenvalue weighted by atomic mass is 10.1. The number of rotatable bonds is 7. The van der Waals surface area contributed by atoms with E-state index in [2.05, 4.69) is 20.8 Å². The molecule has 0 aliphatic rings. The van der Waals surface area contributed by atoms with Gasteiger partial charge >= 0.3 is 11.8 Å². The van der Waals surface area contributed by atoms with Crippen molar-refractivity contribution in [1.82, 2.24) is 20.8 Å². The second kappa shape index (κ2) is 8.81. The zero-order valence-corrected chi connectivity index (χ0v) is 15.6. The molecule has 0 aliphatic carbocycles. The Kier molecular flexibility index (Phi) is 6.01. The lowest BCUT2D eigenvalue weighted by Gasteiger charge is -2.06. The number of carbonyl (C=O) groups is 2. The van der Waals surface area contributed by atoms with Crippen LogP contribution in [0, 0.1) is 6.92 Å². The number of aromatic nitrogens is 2. The summed E-state index contributed by atoms with van der Waals surface area (Å²) in [7, 11) is 1.58. The highest BCUT2D eigenvalue weighted by atomic mass is 16.5. The van der Waals surface area contributed by atoms with Crippen LogP contribution in [0.1, 0.15) is 26.6 Å². The first kappa shape index (κ1) is 19.1. The Morgan fingerprint density at radius 1 is 1.04 bits per heavy atom. The minimum Gasteiger partial charge on any atom is -0.497 e. The molecule has 8 heteroatoms. The smallest absolute Gasteiger partial charge is 0.316 e. The summed E-state index contributed by atoms with van der Waals surface area (Å²) in [5.41, 5.74) is 2.28. The molecule has 2 aromatic carbocycles. The molecular formula is C20H20N4O4. The van der Waals surface area contributed by atoms with Crippen molar-refractivity contribution in [3.63, 3.8) is 0 Å². The zero-order valence-electron chi connectivity index (χ0n) is 15.6. The molecule has 2 amide bonds. The van der Waals surface area contributed by atoms with Gasteiger partial charge in [-0.15, -0.1) is 0 Å². The number of carbonyl (C=O) groups excluding carboxylic acids is 2. The molecule has 0 bridgehead atoms. The third-order valence-electron chi connectivity index (χ3n) is 3.94. The van der Waals surface area contributed by atoms with Crippen molar-refractivity contribution in [1.29, 1.82) is 0 Å². The molecule has 0 radical (unpaired) electrons. The van der Waals surface area contributed by atoms with Gasteiger partial charge in [-0.3, -0.25) is 9.59 Å². The summed E-state index contributed by atoms with van der Waals surface area (Å²) in [6.07, 6.45) is 0. The molecule has 1 aromatic heterocycles. The summed E-state index contributed by atoms with van der Waals surface area (Å²) in [6.45, 7) is 2.43. The van der Waals surface area contributed by atoms with Crippen LogP contribution in [0.25, 0.3) is 11.4 Å². The number of aryl methyl sites for hydroxylation is 1. The molecule has 3 rings (SSSR count). The molecule has 0 saturated carbocycles. The van der Waals surface area contributed by atoms with Gasteiger partial charge in [0.05, 0.1) is 7.11 Å². The van der Waals surface area contributed by atoms with Crippen molar-refractivity contribution in [3.05, 3.63) is 65.5 Å². The fraction of sp³-hybridized carbons (Fsp3) is 0.200. The first-order valence-electron chi connectivity index (χ1n) is 8.68. The van der Waals surface area contributed by atoms with E-state index in [0.29, 0.717) is 22.7 Å². The van der Waals surface area contributed by atoms with Gasteiger partial charge in [-0.25, -0.2) is 0 Å². The Morgan fingerprint density at radius 3 is 2.43 bits per heavy atom. The number of benzene rings is 2. The van der Waals surface area contributed by atoms with Gasteiger partial charge in [0.25, 0.3) is 5.91 Å². The second-order valence-electron chi connectivity index (χ2n) is 6.03. The fourth-order valence-corrected chi connectivity index (χ4v) is 2.49. The van der Waals surface area contributed by atoms with Crippen LogP contribution in [-0.4, -0.2) is 42.2 Å². The summed E-state index contributed by atoms with van der Waals surface area (Å²) < 4.78 is 10.1. The first-order chi connectivity index (χ1) is 13.6. The third-order valence-corrected chi connectivity index (χ3v) is 3.94. The molecule has 0 spiro atoms. The maximum absolute atomic E-state index is 12.1. The quantitative estimate of drug-likeness (QED) is 0.609. The van der Waals surface area contributed by atoms with E-state index in [1.807, 2.05) is 19.1 Å². The number of hydrogen-bond donors (Lipinski definition) is 2. The van der Waals surface area contributed by atoms with E-state index in [1.54, 1.807) is 43.5 Å². The Hall–Kier alpha value is -3.68. The predicted molar refractivity (Wildman–Crippen MR) is 102 cm³/mol. The van der Waals surface area contributed by atoms with Crippen molar-refractivity contribution in [2.75, 3.05) is 20.2 Å².